The van der Waals surface area contributed by atoms with Crippen LogP contribution in [0.2, 0.25) is 0 Å². The number of benzene rings is 1. The SMILES string of the molecule is COc1ccc(CCC(=O)NCCn2ncc3c(NC(C)C)nc(SC(C)C)nc32)cc1. The number of aromatic nitrogens is 4. The van der Waals surface area contributed by atoms with Gasteiger partial charge in [-0.2, -0.15) is 5.10 Å². The van der Waals surface area contributed by atoms with Gasteiger partial charge in [-0.25, -0.2) is 14.6 Å². The summed E-state index contributed by atoms with van der Waals surface area (Å²) in [5, 5.41) is 12.9. The summed E-state index contributed by atoms with van der Waals surface area (Å²) in [5.41, 5.74) is 1.88. The number of hydrogen-bond donors (Lipinski definition) is 2. The molecule has 1 amide bonds. The number of nitrogens with one attached hydrogen (secondary N) is 2. The fourth-order valence-electron chi connectivity index (χ4n) is 3.19. The Morgan fingerprint density at radius 3 is 2.56 bits per heavy atom. The second-order valence-electron chi connectivity index (χ2n) is 8.12. The number of aryl methyl sites for hydroxylation is 1. The van der Waals surface area contributed by atoms with Gasteiger partial charge in [0.15, 0.2) is 10.8 Å². The summed E-state index contributed by atoms with van der Waals surface area (Å²) in [4.78, 5) is 21.7. The fourth-order valence-corrected chi connectivity index (χ4v) is 3.89. The average molecular weight is 457 g/mol. The van der Waals surface area contributed by atoms with Crippen molar-refractivity contribution < 1.29 is 9.53 Å². The van der Waals surface area contributed by atoms with E-state index in [4.69, 9.17) is 9.72 Å². The molecular weight excluding hydrogens is 424 g/mol. The van der Waals surface area contributed by atoms with Crippen molar-refractivity contribution in [1.29, 1.82) is 0 Å². The van der Waals surface area contributed by atoms with Crippen molar-refractivity contribution in [2.45, 2.75) is 63.5 Å². The molecule has 1 aromatic carbocycles. The van der Waals surface area contributed by atoms with E-state index < -0.39 is 0 Å². The molecule has 0 spiro atoms. The van der Waals surface area contributed by atoms with Crippen LogP contribution in [0, 0.1) is 0 Å². The lowest BCUT2D eigenvalue weighted by Crippen LogP contribution is -2.27. The summed E-state index contributed by atoms with van der Waals surface area (Å²) in [5.74, 6) is 1.63. The van der Waals surface area contributed by atoms with Gasteiger partial charge in [0.05, 0.1) is 25.2 Å². The van der Waals surface area contributed by atoms with Crippen LogP contribution < -0.4 is 15.4 Å². The first-order valence-electron chi connectivity index (χ1n) is 10.9. The van der Waals surface area contributed by atoms with E-state index in [1.54, 1.807) is 25.1 Å². The molecule has 0 bridgehead atoms. The minimum Gasteiger partial charge on any atom is -0.497 e. The van der Waals surface area contributed by atoms with Gasteiger partial charge >= 0.3 is 0 Å². The molecule has 32 heavy (non-hydrogen) atoms. The van der Waals surface area contributed by atoms with E-state index in [-0.39, 0.29) is 11.9 Å². The monoisotopic (exact) mass is 456 g/mol. The van der Waals surface area contributed by atoms with Gasteiger partial charge in [-0.05, 0) is 38.0 Å². The summed E-state index contributed by atoms with van der Waals surface area (Å²) in [7, 11) is 1.64. The van der Waals surface area contributed by atoms with Crippen LogP contribution in [-0.2, 0) is 17.8 Å². The third kappa shape index (κ3) is 6.59. The molecule has 0 saturated carbocycles. The molecule has 0 unspecified atom stereocenters. The number of methoxy groups -OCH3 is 1. The molecule has 0 atom stereocenters. The number of carbonyl (C=O) groups is 1. The highest BCUT2D eigenvalue weighted by Crippen LogP contribution is 2.26. The van der Waals surface area contributed by atoms with E-state index in [0.29, 0.717) is 31.2 Å². The van der Waals surface area contributed by atoms with E-state index in [0.717, 1.165) is 33.3 Å². The molecule has 8 nitrogen and oxygen atoms in total. The van der Waals surface area contributed by atoms with Crippen LogP contribution in [0.3, 0.4) is 0 Å². The number of amides is 1. The number of ether oxygens (including phenoxy) is 1. The molecule has 0 aliphatic carbocycles. The third-order valence-corrected chi connectivity index (χ3v) is 5.55. The number of fused-ring (bicyclic) bond motifs is 1. The van der Waals surface area contributed by atoms with Crippen LogP contribution >= 0.6 is 11.8 Å². The number of thioether (sulfide) groups is 1. The Bertz CT molecular complexity index is 1030. The molecule has 0 fully saturated rings. The molecule has 2 aromatic heterocycles. The number of anilines is 1. The second-order valence-corrected chi connectivity index (χ2v) is 9.67. The van der Waals surface area contributed by atoms with Gasteiger partial charge in [-0.1, -0.05) is 37.7 Å². The summed E-state index contributed by atoms with van der Waals surface area (Å²) in [6.45, 7) is 9.42. The molecule has 3 rings (SSSR count). The van der Waals surface area contributed by atoms with Crippen LogP contribution in [0.1, 0.15) is 39.7 Å². The van der Waals surface area contributed by atoms with Crippen LogP contribution in [-0.4, -0.2) is 50.6 Å². The van der Waals surface area contributed by atoms with E-state index in [9.17, 15) is 4.79 Å². The van der Waals surface area contributed by atoms with Crippen LogP contribution in [0.5, 0.6) is 5.75 Å². The highest BCUT2D eigenvalue weighted by molar-refractivity contribution is 7.99. The normalized spacial score (nSPS) is 11.3. The predicted octanol–water partition coefficient (Wildman–Crippen LogP) is 3.90. The van der Waals surface area contributed by atoms with E-state index >= 15 is 0 Å². The third-order valence-electron chi connectivity index (χ3n) is 4.69. The highest BCUT2D eigenvalue weighted by atomic mass is 32.2. The summed E-state index contributed by atoms with van der Waals surface area (Å²) in [6, 6.07) is 8.03. The summed E-state index contributed by atoms with van der Waals surface area (Å²) >= 11 is 1.62. The molecule has 0 aliphatic rings. The van der Waals surface area contributed by atoms with Crippen molar-refractivity contribution in [3.8, 4) is 5.75 Å². The maximum Gasteiger partial charge on any atom is 0.220 e. The van der Waals surface area contributed by atoms with E-state index in [2.05, 4.69) is 48.4 Å². The molecule has 9 heteroatoms. The Hall–Kier alpha value is -2.81. The lowest BCUT2D eigenvalue weighted by Gasteiger charge is -2.12. The first-order valence-corrected chi connectivity index (χ1v) is 11.8. The summed E-state index contributed by atoms with van der Waals surface area (Å²) < 4.78 is 6.99. The van der Waals surface area contributed by atoms with Gasteiger partial charge in [0.2, 0.25) is 5.91 Å². The van der Waals surface area contributed by atoms with Gasteiger partial charge in [-0.3, -0.25) is 4.79 Å². The van der Waals surface area contributed by atoms with E-state index in [1.165, 1.54) is 0 Å². The molecule has 2 heterocycles. The summed E-state index contributed by atoms with van der Waals surface area (Å²) in [6.07, 6.45) is 2.91. The topological polar surface area (TPSA) is 94.0 Å². The number of hydrogen-bond acceptors (Lipinski definition) is 7. The smallest absolute Gasteiger partial charge is 0.220 e. The van der Waals surface area contributed by atoms with Crippen LogP contribution in [0.25, 0.3) is 11.0 Å². The van der Waals surface area contributed by atoms with Crippen LogP contribution in [0.4, 0.5) is 5.82 Å². The van der Waals surface area contributed by atoms with Gasteiger partial charge in [-0.15, -0.1) is 0 Å². The van der Waals surface area contributed by atoms with Crippen molar-refractivity contribution in [3.05, 3.63) is 36.0 Å². The second kappa shape index (κ2) is 11.2. The standard InChI is InChI=1S/C23H32N6O2S/c1-15(2)26-21-19-14-25-29(22(19)28-23(27-21)32-16(3)4)13-12-24-20(30)11-8-17-6-9-18(31-5)10-7-17/h6-7,9-10,14-16H,8,11-13H2,1-5H3,(H,24,30)(H,26,27,28). The largest absolute Gasteiger partial charge is 0.497 e. The molecule has 0 aliphatic heterocycles. The van der Waals surface area contributed by atoms with Crippen molar-refractivity contribution in [1.82, 2.24) is 25.1 Å². The van der Waals surface area contributed by atoms with Gasteiger partial charge < -0.3 is 15.4 Å². The van der Waals surface area contributed by atoms with Gasteiger partial charge in [0.25, 0.3) is 0 Å². The fraction of sp³-hybridized carbons (Fsp3) is 0.478. The first-order chi connectivity index (χ1) is 15.4. The number of nitrogens with zero attached hydrogens (tertiary/aromatic N) is 4. The Labute approximate surface area is 193 Å². The Balaban J connectivity index is 1.60. The van der Waals surface area contributed by atoms with Crippen LogP contribution in [0.15, 0.2) is 35.6 Å². The predicted molar refractivity (Wildman–Crippen MR) is 129 cm³/mol. The van der Waals surface area contributed by atoms with Crippen molar-refractivity contribution in [2.24, 2.45) is 0 Å². The zero-order chi connectivity index (χ0) is 23.1. The quantitative estimate of drug-likeness (QED) is 0.334. The minimum atomic E-state index is 0.0186. The van der Waals surface area contributed by atoms with E-state index in [1.807, 2.05) is 28.9 Å². The lowest BCUT2D eigenvalue weighted by atomic mass is 10.1. The highest BCUT2D eigenvalue weighted by Gasteiger charge is 2.15. The molecule has 2 N–H and O–H groups in total. The number of carbonyl (C=O) groups excluding carboxylic acids is 1. The minimum absolute atomic E-state index is 0.0186. The Morgan fingerprint density at radius 1 is 1.16 bits per heavy atom. The molecule has 0 radical (unpaired) electrons. The maximum absolute atomic E-state index is 12.3. The maximum atomic E-state index is 12.3. The van der Waals surface area contributed by atoms with Crippen molar-refractivity contribution in [3.63, 3.8) is 0 Å². The van der Waals surface area contributed by atoms with Gasteiger partial charge in [0.1, 0.15) is 11.6 Å². The molecular formula is C23H32N6O2S. The van der Waals surface area contributed by atoms with Crippen molar-refractivity contribution in [2.75, 3.05) is 19.0 Å². The molecule has 172 valence electrons. The zero-order valence-corrected chi connectivity index (χ0v) is 20.2. The van der Waals surface area contributed by atoms with Crippen molar-refractivity contribution >= 4 is 34.5 Å². The first kappa shape index (κ1) is 23.8. The Kier molecular flexibility index (Phi) is 8.33. The Morgan fingerprint density at radius 2 is 1.91 bits per heavy atom. The zero-order valence-electron chi connectivity index (χ0n) is 19.4. The average Bonchev–Trinajstić information content (AvgIpc) is 3.15. The number of rotatable bonds is 11. The lowest BCUT2D eigenvalue weighted by molar-refractivity contribution is -0.121. The van der Waals surface area contributed by atoms with Gasteiger partial charge in [0, 0.05) is 24.3 Å². The molecule has 3 aromatic rings. The molecule has 0 saturated heterocycles.